The minimum atomic E-state index is -3.50. The molecule has 2 heterocycles. The first kappa shape index (κ1) is 21.8. The number of hydrazone groups is 1. The molecule has 0 aliphatic carbocycles. The summed E-state index contributed by atoms with van der Waals surface area (Å²) >= 11 is 0. The summed E-state index contributed by atoms with van der Waals surface area (Å²) in [5.41, 5.74) is -3.00. The van der Waals surface area contributed by atoms with Crippen LogP contribution in [0.3, 0.4) is 0 Å². The Balaban J connectivity index is 1.69. The van der Waals surface area contributed by atoms with Gasteiger partial charge in [-0.25, -0.2) is 17.6 Å². The van der Waals surface area contributed by atoms with E-state index < -0.39 is 42.4 Å². The van der Waals surface area contributed by atoms with Gasteiger partial charge < -0.3 is 14.3 Å². The zero-order valence-corrected chi connectivity index (χ0v) is 16.0. The molecule has 162 valence electrons. The van der Waals surface area contributed by atoms with Crippen LogP contribution in [0.5, 0.6) is 5.75 Å². The van der Waals surface area contributed by atoms with Crippen molar-refractivity contribution in [2.45, 2.75) is 51.4 Å². The van der Waals surface area contributed by atoms with Crippen LogP contribution in [0.15, 0.2) is 45.9 Å². The second-order valence-electron chi connectivity index (χ2n) is 6.81. The highest BCUT2D eigenvalue weighted by molar-refractivity contribution is 5.97. The van der Waals surface area contributed by atoms with Gasteiger partial charge in [-0.15, -0.1) is 0 Å². The number of ether oxygens (including phenoxy) is 1. The Kier molecular flexibility index (Phi) is 6.45. The van der Waals surface area contributed by atoms with Gasteiger partial charge in [0, 0.05) is 6.42 Å². The average Bonchev–Trinajstić information content (AvgIpc) is 3.33. The van der Waals surface area contributed by atoms with Gasteiger partial charge in [0.2, 0.25) is 5.72 Å². The number of carbonyl (C=O) groups excluding carboxylic acids is 1. The lowest BCUT2D eigenvalue weighted by Gasteiger charge is -2.29. The van der Waals surface area contributed by atoms with E-state index in [2.05, 4.69) is 12.0 Å². The Bertz CT molecular complexity index is 914. The van der Waals surface area contributed by atoms with Crippen LogP contribution in [0.4, 0.5) is 17.6 Å². The summed E-state index contributed by atoms with van der Waals surface area (Å²) in [5, 5.41) is 13.2. The van der Waals surface area contributed by atoms with Gasteiger partial charge in [-0.1, -0.05) is 25.5 Å². The van der Waals surface area contributed by atoms with Gasteiger partial charge in [0.15, 0.2) is 5.76 Å². The maximum atomic E-state index is 13.3. The number of nitrogens with zero attached hydrogens (tertiary/aromatic N) is 2. The molecule has 0 saturated heterocycles. The third-order valence-corrected chi connectivity index (χ3v) is 4.55. The molecule has 6 nitrogen and oxygen atoms in total. The zero-order valence-electron chi connectivity index (χ0n) is 16.0. The second kappa shape index (κ2) is 8.86. The van der Waals surface area contributed by atoms with E-state index in [1.54, 1.807) is 12.1 Å². The van der Waals surface area contributed by atoms with Crippen molar-refractivity contribution in [2.75, 3.05) is 0 Å². The molecule has 0 fully saturated rings. The van der Waals surface area contributed by atoms with E-state index in [1.165, 1.54) is 12.1 Å². The molecular weight excluding hydrogens is 408 g/mol. The number of furan rings is 1. The molecule has 0 spiro atoms. The quantitative estimate of drug-likeness (QED) is 0.639. The van der Waals surface area contributed by atoms with Crippen molar-refractivity contribution in [1.29, 1.82) is 0 Å². The number of benzene rings is 1. The summed E-state index contributed by atoms with van der Waals surface area (Å²) in [6.07, 6.45) is -5.88. The lowest BCUT2D eigenvalue weighted by molar-refractivity contribution is -0.164. The fourth-order valence-electron chi connectivity index (χ4n) is 2.97. The number of hydrogen-bond acceptors (Lipinski definition) is 5. The third-order valence-electron chi connectivity index (χ3n) is 4.55. The van der Waals surface area contributed by atoms with Crippen molar-refractivity contribution in [3.8, 4) is 5.75 Å². The van der Waals surface area contributed by atoms with E-state index in [9.17, 15) is 27.5 Å². The molecule has 1 aliphatic rings. The highest BCUT2D eigenvalue weighted by atomic mass is 19.3. The number of alkyl halides is 4. The number of halogens is 4. The van der Waals surface area contributed by atoms with E-state index in [4.69, 9.17) is 9.15 Å². The van der Waals surface area contributed by atoms with Crippen molar-refractivity contribution >= 4 is 11.6 Å². The van der Waals surface area contributed by atoms with Crippen LogP contribution in [0.1, 0.15) is 41.6 Å². The summed E-state index contributed by atoms with van der Waals surface area (Å²) < 4.78 is 63.1. The number of hydrogen-bond donors (Lipinski definition) is 1. The third kappa shape index (κ3) is 4.48. The summed E-state index contributed by atoms with van der Waals surface area (Å²) in [4.78, 5) is 12.5. The first-order chi connectivity index (χ1) is 14.2. The highest BCUT2D eigenvalue weighted by Gasteiger charge is 2.53. The largest absolute Gasteiger partial charge is 0.486 e. The van der Waals surface area contributed by atoms with Gasteiger partial charge in [0.1, 0.15) is 23.8 Å². The molecule has 1 aromatic heterocycles. The van der Waals surface area contributed by atoms with Crippen molar-refractivity contribution in [3.63, 3.8) is 0 Å². The molecule has 1 amide bonds. The van der Waals surface area contributed by atoms with Gasteiger partial charge in [-0.3, -0.25) is 4.79 Å². The molecular formula is C20H20F4N2O4. The van der Waals surface area contributed by atoms with Crippen molar-refractivity contribution < 1.29 is 36.6 Å². The van der Waals surface area contributed by atoms with Gasteiger partial charge in [-0.2, -0.15) is 10.1 Å². The van der Waals surface area contributed by atoms with Crippen molar-refractivity contribution in [3.05, 3.63) is 53.5 Å². The van der Waals surface area contributed by atoms with E-state index in [1.807, 2.05) is 12.1 Å². The topological polar surface area (TPSA) is 75.3 Å². The minimum Gasteiger partial charge on any atom is -0.486 e. The molecule has 2 aromatic rings. The molecule has 1 unspecified atom stereocenters. The highest BCUT2D eigenvalue weighted by Crippen LogP contribution is 2.34. The molecule has 0 saturated carbocycles. The maximum Gasteiger partial charge on any atom is 0.312 e. The number of amides is 1. The predicted octanol–water partition coefficient (Wildman–Crippen LogP) is 4.23. The number of aryl methyl sites for hydroxylation is 1. The van der Waals surface area contributed by atoms with Crippen molar-refractivity contribution in [2.24, 2.45) is 5.10 Å². The van der Waals surface area contributed by atoms with Gasteiger partial charge in [-0.05, 0) is 36.2 Å². The lowest BCUT2D eigenvalue weighted by Crippen LogP contribution is -2.51. The first-order valence-corrected chi connectivity index (χ1v) is 9.25. The Morgan fingerprint density at radius 3 is 2.53 bits per heavy atom. The van der Waals surface area contributed by atoms with Crippen LogP contribution in [0.25, 0.3) is 0 Å². The Morgan fingerprint density at radius 2 is 1.93 bits per heavy atom. The standard InChI is InChI=1S/C20H20F4N2O4/c1-2-3-12-4-6-13(7-5-12)29-11-14-8-9-16(30-14)18(27)26-20(28,19(23)24)10-15(25-26)17(21)22/h4-9,17,19,28H,2-3,10-11H2,1H3. The predicted molar refractivity (Wildman–Crippen MR) is 98.7 cm³/mol. The van der Waals surface area contributed by atoms with E-state index >= 15 is 0 Å². The molecule has 1 aromatic carbocycles. The number of carbonyl (C=O) groups is 1. The monoisotopic (exact) mass is 428 g/mol. The lowest BCUT2D eigenvalue weighted by atomic mass is 10.1. The first-order valence-electron chi connectivity index (χ1n) is 9.25. The SMILES string of the molecule is CCCc1ccc(OCc2ccc(C(=O)N3N=C(C(F)F)CC3(O)C(F)F)o2)cc1. The zero-order chi connectivity index (χ0) is 21.9. The summed E-state index contributed by atoms with van der Waals surface area (Å²) in [5.74, 6) is -0.931. The minimum absolute atomic E-state index is 0.0465. The Hall–Kier alpha value is -2.88. The van der Waals surface area contributed by atoms with Crippen LogP contribution in [-0.2, 0) is 13.0 Å². The molecule has 3 rings (SSSR count). The van der Waals surface area contributed by atoms with Crippen LogP contribution >= 0.6 is 0 Å². The second-order valence-corrected chi connectivity index (χ2v) is 6.81. The van der Waals surface area contributed by atoms with Crippen LogP contribution in [0, 0.1) is 0 Å². The van der Waals surface area contributed by atoms with Crippen LogP contribution < -0.4 is 4.74 Å². The van der Waals surface area contributed by atoms with Crippen molar-refractivity contribution in [1.82, 2.24) is 5.01 Å². The Labute approximate surface area is 169 Å². The molecule has 10 heteroatoms. The van der Waals surface area contributed by atoms with Gasteiger partial charge >= 0.3 is 5.91 Å². The fraction of sp³-hybridized carbons (Fsp3) is 0.400. The number of aliphatic hydroxyl groups is 1. The van der Waals surface area contributed by atoms with Gasteiger partial charge in [0.05, 0.1) is 0 Å². The summed E-state index contributed by atoms with van der Waals surface area (Å²) in [6, 6.07) is 9.97. The summed E-state index contributed by atoms with van der Waals surface area (Å²) in [7, 11) is 0. The van der Waals surface area contributed by atoms with E-state index in [0.717, 1.165) is 18.4 Å². The normalized spacial score (nSPS) is 18.9. The molecule has 1 N–H and O–H groups in total. The number of rotatable bonds is 8. The van der Waals surface area contributed by atoms with E-state index in [0.29, 0.717) is 5.75 Å². The molecule has 1 atom stereocenters. The van der Waals surface area contributed by atoms with Gasteiger partial charge in [0.25, 0.3) is 12.9 Å². The Morgan fingerprint density at radius 1 is 1.23 bits per heavy atom. The molecule has 0 bridgehead atoms. The molecule has 1 aliphatic heterocycles. The maximum absolute atomic E-state index is 13.3. The molecule has 30 heavy (non-hydrogen) atoms. The fourth-order valence-corrected chi connectivity index (χ4v) is 2.97. The van der Waals surface area contributed by atoms with Crippen LogP contribution in [-0.4, -0.2) is 40.3 Å². The molecule has 0 radical (unpaired) electrons. The smallest absolute Gasteiger partial charge is 0.312 e. The van der Waals surface area contributed by atoms with Crippen LogP contribution in [0.2, 0.25) is 0 Å². The van der Waals surface area contributed by atoms with E-state index in [-0.39, 0.29) is 17.4 Å². The average molecular weight is 428 g/mol. The summed E-state index contributed by atoms with van der Waals surface area (Å²) in [6.45, 7) is 2.02.